The first-order valence-corrected chi connectivity index (χ1v) is 6.72. The molecule has 0 unspecified atom stereocenters. The molecule has 1 aromatic heterocycles. The fourth-order valence-electron chi connectivity index (χ4n) is 1.73. The number of rotatable bonds is 5. The highest BCUT2D eigenvalue weighted by atomic mass is 16.5. The third kappa shape index (κ3) is 4.45. The second-order valence-corrected chi connectivity index (χ2v) is 4.41. The third-order valence-corrected chi connectivity index (χ3v) is 2.73. The highest BCUT2D eigenvalue weighted by molar-refractivity contribution is 5.92. The number of pyridine rings is 1. The van der Waals surface area contributed by atoms with Crippen molar-refractivity contribution in [1.29, 1.82) is 0 Å². The van der Waals surface area contributed by atoms with Crippen molar-refractivity contribution in [3.05, 3.63) is 59.9 Å². The predicted molar refractivity (Wildman–Crippen MR) is 81.0 cm³/mol. The Morgan fingerprint density at radius 2 is 1.95 bits per heavy atom. The molecule has 2 aromatic rings. The van der Waals surface area contributed by atoms with Gasteiger partial charge in [0.15, 0.2) is 0 Å². The van der Waals surface area contributed by atoms with Gasteiger partial charge in [0.25, 0.3) is 0 Å². The number of hydrogen-bond donors (Lipinski definition) is 0. The molecule has 0 aliphatic rings. The van der Waals surface area contributed by atoms with E-state index in [0.717, 1.165) is 5.56 Å². The van der Waals surface area contributed by atoms with Gasteiger partial charge in [-0.3, -0.25) is 4.98 Å². The Balaban J connectivity index is 2.05. The van der Waals surface area contributed by atoms with E-state index < -0.39 is 0 Å². The zero-order valence-corrected chi connectivity index (χ0v) is 12.1. The molecule has 0 saturated heterocycles. The molecule has 0 radical (unpaired) electrons. The summed E-state index contributed by atoms with van der Waals surface area (Å²) >= 11 is 0. The van der Waals surface area contributed by atoms with Gasteiger partial charge in [0.2, 0.25) is 0 Å². The summed E-state index contributed by atoms with van der Waals surface area (Å²) in [6, 6.07) is 11.1. The van der Waals surface area contributed by atoms with Gasteiger partial charge in [-0.2, -0.15) is 0 Å². The van der Waals surface area contributed by atoms with E-state index in [0.29, 0.717) is 23.7 Å². The van der Waals surface area contributed by atoms with Gasteiger partial charge in [0.1, 0.15) is 11.5 Å². The molecule has 1 heterocycles. The van der Waals surface area contributed by atoms with Crippen LogP contribution < -0.4 is 4.74 Å². The second-order valence-electron chi connectivity index (χ2n) is 4.41. The zero-order chi connectivity index (χ0) is 15.1. The predicted octanol–water partition coefficient (Wildman–Crippen LogP) is 3.84. The van der Waals surface area contributed by atoms with Crippen molar-refractivity contribution in [2.45, 2.75) is 13.8 Å². The van der Waals surface area contributed by atoms with E-state index in [4.69, 9.17) is 9.47 Å². The zero-order valence-electron chi connectivity index (χ0n) is 12.1. The number of aromatic nitrogens is 1. The summed E-state index contributed by atoms with van der Waals surface area (Å²) in [6.45, 7) is 3.90. The number of carbonyl (C=O) groups is 1. The standard InChI is InChI=1S/C17H17NO3/c1-3-20-17(19)13(2)11-14-6-8-15(9-7-14)21-16-5-4-10-18-12-16/h4-12H,3H2,1-2H3. The van der Waals surface area contributed by atoms with Crippen LogP contribution in [-0.2, 0) is 9.53 Å². The molecule has 0 fully saturated rings. The number of benzene rings is 1. The summed E-state index contributed by atoms with van der Waals surface area (Å²) in [5, 5.41) is 0. The maximum Gasteiger partial charge on any atom is 0.333 e. The van der Waals surface area contributed by atoms with Crippen LogP contribution in [0, 0.1) is 0 Å². The number of esters is 1. The summed E-state index contributed by atoms with van der Waals surface area (Å²) in [5.41, 5.74) is 1.48. The third-order valence-electron chi connectivity index (χ3n) is 2.73. The molecule has 2 rings (SSSR count). The van der Waals surface area contributed by atoms with Gasteiger partial charge in [-0.1, -0.05) is 12.1 Å². The summed E-state index contributed by atoms with van der Waals surface area (Å²) < 4.78 is 10.6. The Morgan fingerprint density at radius 1 is 1.19 bits per heavy atom. The van der Waals surface area contributed by atoms with Gasteiger partial charge in [-0.25, -0.2) is 4.79 Å². The molecule has 21 heavy (non-hydrogen) atoms. The summed E-state index contributed by atoms with van der Waals surface area (Å²) in [5.74, 6) is 1.10. The lowest BCUT2D eigenvalue weighted by atomic mass is 10.1. The van der Waals surface area contributed by atoms with Crippen molar-refractivity contribution in [2.75, 3.05) is 6.61 Å². The lowest BCUT2D eigenvalue weighted by Gasteiger charge is -2.05. The van der Waals surface area contributed by atoms with Gasteiger partial charge in [0, 0.05) is 11.8 Å². The fraction of sp³-hybridized carbons (Fsp3) is 0.176. The highest BCUT2D eigenvalue weighted by Gasteiger charge is 2.04. The Kier molecular flexibility index (Phi) is 5.10. The van der Waals surface area contributed by atoms with Gasteiger partial charge < -0.3 is 9.47 Å². The van der Waals surface area contributed by atoms with Crippen LogP contribution in [0.3, 0.4) is 0 Å². The lowest BCUT2D eigenvalue weighted by molar-refractivity contribution is -0.138. The van der Waals surface area contributed by atoms with Crippen LogP contribution in [-0.4, -0.2) is 17.6 Å². The molecule has 1 aromatic carbocycles. The molecule has 0 bridgehead atoms. The van der Waals surface area contributed by atoms with E-state index in [1.54, 1.807) is 32.3 Å². The number of nitrogens with zero attached hydrogens (tertiary/aromatic N) is 1. The first-order chi connectivity index (χ1) is 10.2. The molecule has 0 atom stereocenters. The minimum Gasteiger partial charge on any atom is -0.463 e. The van der Waals surface area contributed by atoms with E-state index in [9.17, 15) is 4.79 Å². The first kappa shape index (κ1) is 14.8. The van der Waals surface area contributed by atoms with Crippen LogP contribution in [0.2, 0.25) is 0 Å². The number of ether oxygens (including phenoxy) is 2. The quantitative estimate of drug-likeness (QED) is 0.618. The van der Waals surface area contributed by atoms with Crippen molar-refractivity contribution in [3.63, 3.8) is 0 Å². The van der Waals surface area contributed by atoms with Crippen molar-refractivity contribution in [1.82, 2.24) is 4.98 Å². The van der Waals surface area contributed by atoms with Gasteiger partial charge in [-0.05, 0) is 49.8 Å². The van der Waals surface area contributed by atoms with E-state index >= 15 is 0 Å². The van der Waals surface area contributed by atoms with Crippen LogP contribution in [0.15, 0.2) is 54.4 Å². The van der Waals surface area contributed by atoms with E-state index in [1.165, 1.54) is 0 Å². The molecule has 0 amide bonds. The summed E-state index contributed by atoms with van der Waals surface area (Å²) in [7, 11) is 0. The monoisotopic (exact) mass is 283 g/mol. The minimum absolute atomic E-state index is 0.298. The minimum atomic E-state index is -0.298. The average Bonchev–Trinajstić information content (AvgIpc) is 2.50. The Labute approximate surface area is 124 Å². The molecule has 4 nitrogen and oxygen atoms in total. The van der Waals surface area contributed by atoms with Gasteiger partial charge >= 0.3 is 5.97 Å². The van der Waals surface area contributed by atoms with Crippen molar-refractivity contribution >= 4 is 12.0 Å². The molecule has 0 spiro atoms. The summed E-state index contributed by atoms with van der Waals surface area (Å²) in [4.78, 5) is 15.5. The van der Waals surface area contributed by atoms with Crippen LogP contribution in [0.25, 0.3) is 6.08 Å². The van der Waals surface area contributed by atoms with Crippen LogP contribution in [0.4, 0.5) is 0 Å². The molecular weight excluding hydrogens is 266 g/mol. The SMILES string of the molecule is CCOC(=O)C(C)=Cc1ccc(Oc2cccnc2)cc1. The Bertz CT molecular complexity index is 618. The Morgan fingerprint density at radius 3 is 2.57 bits per heavy atom. The number of carbonyl (C=O) groups excluding carboxylic acids is 1. The van der Waals surface area contributed by atoms with Gasteiger partial charge in [-0.15, -0.1) is 0 Å². The largest absolute Gasteiger partial charge is 0.463 e. The smallest absolute Gasteiger partial charge is 0.333 e. The van der Waals surface area contributed by atoms with Crippen LogP contribution in [0.5, 0.6) is 11.5 Å². The molecule has 4 heteroatoms. The van der Waals surface area contributed by atoms with Gasteiger partial charge in [0.05, 0.1) is 12.8 Å². The van der Waals surface area contributed by atoms with E-state index in [2.05, 4.69) is 4.98 Å². The van der Waals surface area contributed by atoms with Crippen molar-refractivity contribution < 1.29 is 14.3 Å². The molecule has 0 aliphatic carbocycles. The topological polar surface area (TPSA) is 48.4 Å². The number of hydrogen-bond acceptors (Lipinski definition) is 4. The fourth-order valence-corrected chi connectivity index (χ4v) is 1.73. The first-order valence-electron chi connectivity index (χ1n) is 6.72. The van der Waals surface area contributed by atoms with Crippen molar-refractivity contribution in [3.8, 4) is 11.5 Å². The molecular formula is C17H17NO3. The van der Waals surface area contributed by atoms with E-state index in [-0.39, 0.29) is 5.97 Å². The molecule has 0 N–H and O–H groups in total. The maximum absolute atomic E-state index is 11.5. The van der Waals surface area contributed by atoms with Crippen molar-refractivity contribution in [2.24, 2.45) is 0 Å². The van der Waals surface area contributed by atoms with E-state index in [1.807, 2.05) is 36.4 Å². The Hall–Kier alpha value is -2.62. The second kappa shape index (κ2) is 7.24. The van der Waals surface area contributed by atoms with Crippen LogP contribution >= 0.6 is 0 Å². The lowest BCUT2D eigenvalue weighted by Crippen LogP contribution is -2.04. The molecule has 0 aliphatic heterocycles. The normalized spacial score (nSPS) is 11.0. The maximum atomic E-state index is 11.5. The molecule has 0 saturated carbocycles. The summed E-state index contributed by atoms with van der Waals surface area (Å²) in [6.07, 6.45) is 5.13. The van der Waals surface area contributed by atoms with Crippen LogP contribution in [0.1, 0.15) is 19.4 Å². The molecule has 108 valence electrons. The average molecular weight is 283 g/mol. The highest BCUT2D eigenvalue weighted by Crippen LogP contribution is 2.21.